The summed E-state index contributed by atoms with van der Waals surface area (Å²) < 4.78 is 6.16. The zero-order valence-corrected chi connectivity index (χ0v) is 14.9. The quantitative estimate of drug-likeness (QED) is 0.556. The number of halogens is 1. The van der Waals surface area contributed by atoms with Gasteiger partial charge in [0.2, 0.25) is 0 Å². The van der Waals surface area contributed by atoms with Crippen molar-refractivity contribution in [3.63, 3.8) is 0 Å². The number of thioether (sulfide) groups is 1. The van der Waals surface area contributed by atoms with Gasteiger partial charge in [-0.2, -0.15) is 0 Å². The van der Waals surface area contributed by atoms with E-state index in [9.17, 15) is 4.79 Å². The van der Waals surface area contributed by atoms with Crippen molar-refractivity contribution in [1.82, 2.24) is 5.32 Å². The van der Waals surface area contributed by atoms with E-state index in [1.807, 2.05) is 12.1 Å². The predicted octanol–water partition coefficient (Wildman–Crippen LogP) is 3.86. The number of esters is 1. The number of nitrogens with one attached hydrogen (secondary N) is 1. The molecule has 0 heterocycles. The van der Waals surface area contributed by atoms with E-state index in [1.165, 1.54) is 7.11 Å². The molecule has 1 fully saturated rings. The molecule has 5 heteroatoms. The monoisotopic (exact) mass is 371 g/mol. The molecule has 116 valence electrons. The molecule has 1 N–H and O–H groups in total. The Morgan fingerprint density at radius 1 is 1.52 bits per heavy atom. The molecule has 1 aliphatic carbocycles. The van der Waals surface area contributed by atoms with Gasteiger partial charge in [0, 0.05) is 15.1 Å². The SMILES string of the molecule is CCCNC(CSc1cccc(Br)c1)(C(=O)OC)C1CC1. The molecular weight excluding hydrogens is 350 g/mol. The summed E-state index contributed by atoms with van der Waals surface area (Å²) in [7, 11) is 1.48. The molecule has 2 rings (SSSR count). The average molecular weight is 372 g/mol. The number of methoxy groups -OCH3 is 1. The molecule has 0 amide bonds. The zero-order chi connectivity index (χ0) is 15.3. The molecule has 1 unspecified atom stereocenters. The first kappa shape index (κ1) is 16.8. The number of hydrogen-bond acceptors (Lipinski definition) is 4. The van der Waals surface area contributed by atoms with Crippen molar-refractivity contribution >= 4 is 33.7 Å². The standard InChI is InChI=1S/C16H22BrNO2S/c1-3-9-18-16(12-7-8-12,15(19)20-2)11-21-14-6-4-5-13(17)10-14/h4-6,10,12,18H,3,7-9,11H2,1-2H3. The van der Waals surface area contributed by atoms with Crippen LogP contribution in [-0.4, -0.2) is 30.9 Å². The summed E-state index contributed by atoms with van der Waals surface area (Å²) in [5.74, 6) is 0.984. The molecule has 0 spiro atoms. The van der Waals surface area contributed by atoms with E-state index < -0.39 is 5.54 Å². The molecule has 0 radical (unpaired) electrons. The molecule has 0 aliphatic heterocycles. The Hall–Kier alpha value is -0.520. The Balaban J connectivity index is 2.12. The summed E-state index contributed by atoms with van der Waals surface area (Å²) in [6.07, 6.45) is 3.21. The van der Waals surface area contributed by atoms with Crippen LogP contribution in [0.5, 0.6) is 0 Å². The lowest BCUT2D eigenvalue weighted by Gasteiger charge is -2.32. The van der Waals surface area contributed by atoms with Gasteiger partial charge in [-0.3, -0.25) is 4.79 Å². The van der Waals surface area contributed by atoms with Crippen LogP contribution in [-0.2, 0) is 9.53 Å². The second kappa shape index (κ2) is 7.65. The van der Waals surface area contributed by atoms with Gasteiger partial charge in [0.05, 0.1) is 7.11 Å². The number of hydrogen-bond donors (Lipinski definition) is 1. The van der Waals surface area contributed by atoms with Gasteiger partial charge in [-0.1, -0.05) is 28.9 Å². The van der Waals surface area contributed by atoms with Crippen molar-refractivity contribution in [3.05, 3.63) is 28.7 Å². The molecule has 21 heavy (non-hydrogen) atoms. The Morgan fingerprint density at radius 3 is 2.86 bits per heavy atom. The zero-order valence-electron chi connectivity index (χ0n) is 12.5. The lowest BCUT2D eigenvalue weighted by atomic mass is 9.95. The second-order valence-electron chi connectivity index (χ2n) is 5.41. The summed E-state index contributed by atoms with van der Waals surface area (Å²) in [5, 5.41) is 3.47. The highest BCUT2D eigenvalue weighted by molar-refractivity contribution is 9.10. The Morgan fingerprint density at radius 2 is 2.29 bits per heavy atom. The number of carbonyl (C=O) groups excluding carboxylic acids is 1. The largest absolute Gasteiger partial charge is 0.468 e. The molecule has 0 aromatic heterocycles. The summed E-state index contributed by atoms with van der Waals surface area (Å²) in [4.78, 5) is 13.6. The van der Waals surface area contributed by atoms with Crippen molar-refractivity contribution in [2.24, 2.45) is 5.92 Å². The topological polar surface area (TPSA) is 38.3 Å². The normalized spacial score (nSPS) is 17.3. The highest BCUT2D eigenvalue weighted by Gasteiger charge is 2.51. The van der Waals surface area contributed by atoms with Crippen molar-refractivity contribution in [2.45, 2.75) is 36.6 Å². The minimum Gasteiger partial charge on any atom is -0.468 e. The molecule has 1 saturated carbocycles. The number of rotatable bonds is 8. The van der Waals surface area contributed by atoms with E-state index >= 15 is 0 Å². The lowest BCUT2D eigenvalue weighted by Crippen LogP contribution is -2.57. The molecule has 1 aromatic rings. The van der Waals surface area contributed by atoms with Crippen molar-refractivity contribution in [2.75, 3.05) is 19.4 Å². The third-order valence-electron chi connectivity index (χ3n) is 3.78. The Bertz CT molecular complexity index is 493. The Kier molecular flexibility index (Phi) is 6.14. The summed E-state index contributed by atoms with van der Waals surface area (Å²) in [5.41, 5.74) is -0.544. The minimum atomic E-state index is -0.544. The highest BCUT2D eigenvalue weighted by atomic mass is 79.9. The molecule has 1 atom stereocenters. The van der Waals surface area contributed by atoms with Crippen LogP contribution in [0.4, 0.5) is 0 Å². The number of carbonyl (C=O) groups is 1. The van der Waals surface area contributed by atoms with E-state index in [1.54, 1.807) is 11.8 Å². The van der Waals surface area contributed by atoms with Crippen LogP contribution in [0.3, 0.4) is 0 Å². The van der Waals surface area contributed by atoms with Gasteiger partial charge in [0.1, 0.15) is 5.54 Å². The van der Waals surface area contributed by atoms with Gasteiger partial charge >= 0.3 is 5.97 Å². The van der Waals surface area contributed by atoms with Crippen molar-refractivity contribution in [3.8, 4) is 0 Å². The van der Waals surface area contributed by atoms with Crippen LogP contribution in [0.25, 0.3) is 0 Å². The fourth-order valence-electron chi connectivity index (χ4n) is 2.47. The van der Waals surface area contributed by atoms with Gasteiger partial charge in [-0.15, -0.1) is 11.8 Å². The first-order valence-electron chi connectivity index (χ1n) is 7.34. The summed E-state index contributed by atoms with van der Waals surface area (Å²) in [6.45, 7) is 2.95. The fraction of sp³-hybridized carbons (Fsp3) is 0.562. The van der Waals surface area contributed by atoms with Gasteiger partial charge in [0.15, 0.2) is 0 Å². The molecule has 1 aliphatic rings. The maximum atomic E-state index is 12.4. The van der Waals surface area contributed by atoms with E-state index in [-0.39, 0.29) is 5.97 Å². The van der Waals surface area contributed by atoms with E-state index in [4.69, 9.17) is 4.74 Å². The van der Waals surface area contributed by atoms with Crippen LogP contribution in [0.15, 0.2) is 33.6 Å². The van der Waals surface area contributed by atoms with Gasteiger partial charge in [-0.05, 0) is 49.9 Å². The van der Waals surface area contributed by atoms with Crippen LogP contribution < -0.4 is 5.32 Å². The summed E-state index contributed by atoms with van der Waals surface area (Å²) in [6, 6.07) is 8.18. The van der Waals surface area contributed by atoms with Crippen LogP contribution in [0, 0.1) is 5.92 Å². The first-order chi connectivity index (χ1) is 10.1. The van der Waals surface area contributed by atoms with E-state index in [0.29, 0.717) is 11.7 Å². The maximum absolute atomic E-state index is 12.4. The fourth-order valence-corrected chi connectivity index (χ4v) is 4.26. The third kappa shape index (κ3) is 4.24. The van der Waals surface area contributed by atoms with Crippen molar-refractivity contribution < 1.29 is 9.53 Å². The predicted molar refractivity (Wildman–Crippen MR) is 90.6 cm³/mol. The molecular formula is C16H22BrNO2S. The number of benzene rings is 1. The molecule has 1 aromatic carbocycles. The van der Waals surface area contributed by atoms with E-state index in [2.05, 4.69) is 40.3 Å². The van der Waals surface area contributed by atoms with Crippen LogP contribution in [0.2, 0.25) is 0 Å². The first-order valence-corrected chi connectivity index (χ1v) is 9.12. The average Bonchev–Trinajstić information content (AvgIpc) is 3.32. The smallest absolute Gasteiger partial charge is 0.327 e. The number of ether oxygens (including phenoxy) is 1. The highest BCUT2D eigenvalue weighted by Crippen LogP contribution is 2.43. The van der Waals surface area contributed by atoms with Gasteiger partial charge < -0.3 is 10.1 Å². The Labute approximate surface area is 139 Å². The van der Waals surface area contributed by atoms with Gasteiger partial charge in [0.25, 0.3) is 0 Å². The second-order valence-corrected chi connectivity index (χ2v) is 7.37. The van der Waals surface area contributed by atoms with E-state index in [0.717, 1.165) is 35.2 Å². The lowest BCUT2D eigenvalue weighted by molar-refractivity contribution is -0.148. The molecule has 3 nitrogen and oxygen atoms in total. The third-order valence-corrected chi connectivity index (χ3v) is 5.46. The summed E-state index contributed by atoms with van der Waals surface area (Å²) >= 11 is 5.20. The van der Waals surface area contributed by atoms with Crippen molar-refractivity contribution in [1.29, 1.82) is 0 Å². The molecule has 0 saturated heterocycles. The van der Waals surface area contributed by atoms with Crippen LogP contribution >= 0.6 is 27.7 Å². The van der Waals surface area contributed by atoms with Gasteiger partial charge in [-0.25, -0.2) is 0 Å². The van der Waals surface area contributed by atoms with Crippen LogP contribution in [0.1, 0.15) is 26.2 Å². The minimum absolute atomic E-state index is 0.124. The maximum Gasteiger partial charge on any atom is 0.327 e. The molecule has 0 bridgehead atoms.